The summed E-state index contributed by atoms with van der Waals surface area (Å²) in [4.78, 5) is 16.7. The molecule has 5 nitrogen and oxygen atoms in total. The van der Waals surface area contributed by atoms with Crippen molar-refractivity contribution in [1.29, 1.82) is 0 Å². The first kappa shape index (κ1) is 14.3. The molecule has 0 spiro atoms. The van der Waals surface area contributed by atoms with Crippen LogP contribution in [0.1, 0.15) is 16.1 Å². The number of aryl methyl sites for hydroxylation is 1. The number of carbonyl (C=O) groups is 1. The predicted octanol–water partition coefficient (Wildman–Crippen LogP) is 3.55. The van der Waals surface area contributed by atoms with Crippen LogP contribution in [0.25, 0.3) is 5.65 Å². The van der Waals surface area contributed by atoms with Crippen molar-refractivity contribution in [2.24, 2.45) is 0 Å². The molecule has 0 bridgehead atoms. The molecule has 1 aromatic carbocycles. The number of halogens is 2. The van der Waals surface area contributed by atoms with Gasteiger partial charge in [0.2, 0.25) is 0 Å². The van der Waals surface area contributed by atoms with E-state index in [9.17, 15) is 4.79 Å². The molecule has 2 heterocycles. The Bertz CT molecular complexity index is 846. The highest BCUT2D eigenvalue weighted by Gasteiger charge is 2.18. The molecule has 0 aliphatic heterocycles. The molecular formula is C14H10ClIN4O. The van der Waals surface area contributed by atoms with Gasteiger partial charge in [0.25, 0.3) is 5.91 Å². The number of nitrogens with zero attached hydrogens (tertiary/aromatic N) is 3. The van der Waals surface area contributed by atoms with Gasteiger partial charge in [-0.15, -0.1) is 0 Å². The molecule has 0 radical (unpaired) electrons. The summed E-state index contributed by atoms with van der Waals surface area (Å²) < 4.78 is 2.59. The lowest BCUT2D eigenvalue weighted by molar-refractivity contribution is 0.102. The van der Waals surface area contributed by atoms with E-state index < -0.39 is 0 Å². The average molecular weight is 413 g/mol. The van der Waals surface area contributed by atoms with Crippen molar-refractivity contribution in [3.63, 3.8) is 0 Å². The van der Waals surface area contributed by atoms with Gasteiger partial charge in [0, 0.05) is 16.0 Å². The molecule has 0 saturated carbocycles. The second kappa shape index (κ2) is 5.61. The molecular weight excluding hydrogens is 403 g/mol. The fourth-order valence-electron chi connectivity index (χ4n) is 2.04. The first-order valence-electron chi connectivity index (χ1n) is 6.12. The van der Waals surface area contributed by atoms with E-state index in [1.165, 1.54) is 0 Å². The fourth-order valence-corrected chi connectivity index (χ4v) is 2.94. The van der Waals surface area contributed by atoms with Gasteiger partial charge in [-0.05, 0) is 53.8 Å². The highest BCUT2D eigenvalue weighted by molar-refractivity contribution is 14.1. The van der Waals surface area contributed by atoms with Crippen LogP contribution in [-0.4, -0.2) is 20.5 Å². The number of anilines is 1. The Morgan fingerprint density at radius 3 is 3.00 bits per heavy atom. The first-order valence-corrected chi connectivity index (χ1v) is 7.58. The molecule has 1 N–H and O–H groups in total. The summed E-state index contributed by atoms with van der Waals surface area (Å²) in [5, 5.41) is 7.57. The van der Waals surface area contributed by atoms with E-state index in [1.807, 2.05) is 6.07 Å². The number of hydrogen-bond acceptors (Lipinski definition) is 3. The van der Waals surface area contributed by atoms with E-state index in [2.05, 4.69) is 38.0 Å². The van der Waals surface area contributed by atoms with Gasteiger partial charge >= 0.3 is 0 Å². The number of aromatic nitrogens is 3. The summed E-state index contributed by atoms with van der Waals surface area (Å²) in [5.74, 6) is -0.274. The maximum atomic E-state index is 12.5. The quantitative estimate of drug-likeness (QED) is 0.655. The van der Waals surface area contributed by atoms with Crippen molar-refractivity contribution in [2.75, 3.05) is 5.32 Å². The third-order valence-corrected chi connectivity index (χ3v) is 3.96. The third kappa shape index (κ3) is 2.73. The lowest BCUT2D eigenvalue weighted by Crippen LogP contribution is -2.13. The highest BCUT2D eigenvalue weighted by Crippen LogP contribution is 2.25. The van der Waals surface area contributed by atoms with Crippen LogP contribution in [0.15, 0.2) is 36.7 Å². The number of fused-ring (bicyclic) bond motifs is 1. The Kier molecular flexibility index (Phi) is 3.81. The SMILES string of the molecule is Cc1nn2cccnc2c1C(=O)Nc1ccc(I)cc1Cl. The maximum absolute atomic E-state index is 12.5. The van der Waals surface area contributed by atoms with E-state index in [0.717, 1.165) is 3.57 Å². The smallest absolute Gasteiger partial charge is 0.261 e. The Labute approximate surface area is 139 Å². The van der Waals surface area contributed by atoms with Crippen LogP contribution in [0.3, 0.4) is 0 Å². The molecule has 3 aromatic rings. The predicted molar refractivity (Wildman–Crippen MR) is 89.8 cm³/mol. The van der Waals surface area contributed by atoms with Gasteiger partial charge in [0.05, 0.1) is 16.4 Å². The molecule has 7 heteroatoms. The van der Waals surface area contributed by atoms with Crippen LogP contribution >= 0.6 is 34.2 Å². The number of hydrogen-bond donors (Lipinski definition) is 1. The first-order chi connectivity index (χ1) is 10.1. The summed E-state index contributed by atoms with van der Waals surface area (Å²) in [5.41, 5.74) is 2.16. The lowest BCUT2D eigenvalue weighted by Gasteiger charge is -2.07. The summed E-state index contributed by atoms with van der Waals surface area (Å²) >= 11 is 8.30. The normalized spacial score (nSPS) is 10.8. The Balaban J connectivity index is 1.99. The van der Waals surface area contributed by atoms with E-state index in [1.54, 1.807) is 42.0 Å². The van der Waals surface area contributed by atoms with Crippen LogP contribution in [0.2, 0.25) is 5.02 Å². The van der Waals surface area contributed by atoms with Gasteiger partial charge in [0.15, 0.2) is 5.65 Å². The zero-order valence-corrected chi connectivity index (χ0v) is 13.9. The minimum Gasteiger partial charge on any atom is -0.320 e. The van der Waals surface area contributed by atoms with Crippen molar-refractivity contribution in [2.45, 2.75) is 6.92 Å². The number of amides is 1. The third-order valence-electron chi connectivity index (χ3n) is 2.98. The number of carbonyl (C=O) groups excluding carboxylic acids is 1. The highest BCUT2D eigenvalue weighted by atomic mass is 127. The van der Waals surface area contributed by atoms with E-state index in [-0.39, 0.29) is 5.91 Å². The summed E-state index contributed by atoms with van der Waals surface area (Å²) in [6.45, 7) is 1.78. The molecule has 0 atom stereocenters. The van der Waals surface area contributed by atoms with E-state index in [0.29, 0.717) is 27.6 Å². The zero-order valence-electron chi connectivity index (χ0n) is 11.0. The molecule has 106 valence electrons. The number of rotatable bonds is 2. The van der Waals surface area contributed by atoms with Gasteiger partial charge in [-0.1, -0.05) is 11.6 Å². The Hall–Kier alpha value is -1.67. The average Bonchev–Trinajstić information content (AvgIpc) is 2.77. The monoisotopic (exact) mass is 412 g/mol. The molecule has 1 amide bonds. The van der Waals surface area contributed by atoms with Crippen molar-refractivity contribution >= 4 is 51.4 Å². The summed E-state index contributed by atoms with van der Waals surface area (Å²) in [7, 11) is 0. The molecule has 0 unspecified atom stereocenters. The molecule has 0 aliphatic carbocycles. The topological polar surface area (TPSA) is 59.3 Å². The second-order valence-electron chi connectivity index (χ2n) is 4.43. The Morgan fingerprint density at radius 2 is 2.24 bits per heavy atom. The van der Waals surface area contributed by atoms with Gasteiger partial charge in [-0.25, -0.2) is 9.50 Å². The minimum atomic E-state index is -0.274. The van der Waals surface area contributed by atoms with Gasteiger partial charge in [0.1, 0.15) is 5.56 Å². The second-order valence-corrected chi connectivity index (χ2v) is 6.08. The molecule has 0 fully saturated rings. The van der Waals surface area contributed by atoms with Crippen molar-refractivity contribution in [1.82, 2.24) is 14.6 Å². The van der Waals surface area contributed by atoms with Crippen molar-refractivity contribution < 1.29 is 4.79 Å². The molecule has 0 aliphatic rings. The number of nitrogens with one attached hydrogen (secondary N) is 1. The van der Waals surface area contributed by atoms with Crippen LogP contribution in [-0.2, 0) is 0 Å². The largest absolute Gasteiger partial charge is 0.320 e. The molecule has 21 heavy (non-hydrogen) atoms. The van der Waals surface area contributed by atoms with E-state index >= 15 is 0 Å². The zero-order chi connectivity index (χ0) is 15.0. The van der Waals surface area contributed by atoms with E-state index in [4.69, 9.17) is 11.6 Å². The van der Waals surface area contributed by atoms with Crippen LogP contribution < -0.4 is 5.32 Å². The van der Waals surface area contributed by atoms with Crippen molar-refractivity contribution in [3.8, 4) is 0 Å². The maximum Gasteiger partial charge on any atom is 0.261 e. The molecule has 2 aromatic heterocycles. The number of benzene rings is 1. The summed E-state index contributed by atoms with van der Waals surface area (Å²) in [6.07, 6.45) is 3.38. The van der Waals surface area contributed by atoms with Crippen LogP contribution in [0, 0.1) is 10.5 Å². The van der Waals surface area contributed by atoms with Crippen molar-refractivity contribution in [3.05, 3.63) is 56.5 Å². The lowest BCUT2D eigenvalue weighted by atomic mass is 10.2. The standard InChI is InChI=1S/C14H10ClIN4O/c1-8-12(13-17-5-2-6-20(13)19-8)14(21)18-11-4-3-9(16)7-10(11)15/h2-7H,1H3,(H,18,21). The minimum absolute atomic E-state index is 0.274. The van der Waals surface area contributed by atoms with Gasteiger partial charge < -0.3 is 5.32 Å². The summed E-state index contributed by atoms with van der Waals surface area (Å²) in [6, 6.07) is 7.20. The molecule has 0 saturated heterocycles. The Morgan fingerprint density at radius 1 is 1.43 bits per heavy atom. The fraction of sp³-hybridized carbons (Fsp3) is 0.0714. The van der Waals surface area contributed by atoms with Gasteiger partial charge in [-0.2, -0.15) is 5.10 Å². The molecule has 3 rings (SSSR count). The van der Waals surface area contributed by atoms with Crippen LogP contribution in [0.4, 0.5) is 5.69 Å². The van der Waals surface area contributed by atoms with Gasteiger partial charge in [-0.3, -0.25) is 4.79 Å². The van der Waals surface area contributed by atoms with Crippen LogP contribution in [0.5, 0.6) is 0 Å².